The third-order valence-corrected chi connectivity index (χ3v) is 2.88. The monoisotopic (exact) mass is 261 g/mol. The molecule has 0 N–H and O–H groups in total. The summed E-state index contributed by atoms with van der Waals surface area (Å²) in [5.41, 5.74) is 0. The van der Waals surface area contributed by atoms with E-state index in [4.69, 9.17) is 0 Å². The molecule has 0 aromatic rings. The molecule has 0 fully saturated rings. The van der Waals surface area contributed by atoms with E-state index in [1.807, 2.05) is 24.3 Å². The Bertz CT molecular complexity index is 226. The Labute approximate surface area is 119 Å². The molecule has 2 nitrogen and oxygen atoms in total. The predicted octanol–water partition coefficient (Wildman–Crippen LogP) is 4.01. The van der Waals surface area contributed by atoms with E-state index in [0.29, 0.717) is 0 Å². The van der Waals surface area contributed by atoms with Crippen molar-refractivity contribution in [2.75, 3.05) is 26.2 Å². The maximum Gasteiger partial charge on any atom is 0.108 e. The number of rotatable bonds is 13. The van der Waals surface area contributed by atoms with Crippen molar-refractivity contribution in [1.82, 2.24) is 9.80 Å². The van der Waals surface area contributed by atoms with Gasteiger partial charge in [0.25, 0.3) is 0 Å². The lowest BCUT2D eigenvalue weighted by atomic mass is 10.1. The van der Waals surface area contributed by atoms with Gasteiger partial charge in [-0.15, -0.1) is 26.3 Å². The highest BCUT2D eigenvalue weighted by atomic mass is 15.3. The molecule has 0 aromatic heterocycles. The van der Waals surface area contributed by atoms with Crippen LogP contribution in [0.1, 0.15) is 26.2 Å². The second-order valence-electron chi connectivity index (χ2n) is 4.48. The van der Waals surface area contributed by atoms with Gasteiger partial charge in [0.2, 0.25) is 0 Å². The first kappa shape index (κ1) is 17.9. The largest absolute Gasteiger partial charge is 0.275 e. The van der Waals surface area contributed by atoms with E-state index < -0.39 is 0 Å². The van der Waals surface area contributed by atoms with Crippen LogP contribution in [0.4, 0.5) is 0 Å². The van der Waals surface area contributed by atoms with Gasteiger partial charge in [0.05, 0.1) is 0 Å². The Morgan fingerprint density at radius 3 is 1.42 bits per heavy atom. The molecular formula is C17H29N2. The summed E-state index contributed by atoms with van der Waals surface area (Å²) < 4.78 is 0. The summed E-state index contributed by atoms with van der Waals surface area (Å²) >= 11 is 0. The maximum atomic E-state index is 3.85. The molecule has 0 saturated carbocycles. The van der Waals surface area contributed by atoms with E-state index in [1.165, 1.54) is 19.0 Å². The molecule has 0 amide bonds. The fraction of sp³-hybridized carbons (Fsp3) is 0.471. The molecule has 0 spiro atoms. The van der Waals surface area contributed by atoms with Crippen LogP contribution in [0.15, 0.2) is 50.6 Å². The zero-order valence-corrected chi connectivity index (χ0v) is 12.5. The fourth-order valence-corrected chi connectivity index (χ4v) is 2.05. The van der Waals surface area contributed by atoms with E-state index >= 15 is 0 Å². The second-order valence-corrected chi connectivity index (χ2v) is 4.48. The van der Waals surface area contributed by atoms with Crippen LogP contribution in [0.5, 0.6) is 0 Å². The van der Waals surface area contributed by atoms with Crippen LogP contribution in [0.25, 0.3) is 0 Å². The first-order valence-corrected chi connectivity index (χ1v) is 7.04. The molecule has 0 atom stereocenters. The Kier molecular flexibility index (Phi) is 11.2. The van der Waals surface area contributed by atoms with E-state index in [2.05, 4.69) is 43.0 Å². The maximum absolute atomic E-state index is 3.85. The summed E-state index contributed by atoms with van der Waals surface area (Å²) in [5, 5.41) is 0. The Hall–Kier alpha value is -1.12. The molecule has 0 aliphatic rings. The van der Waals surface area contributed by atoms with Crippen molar-refractivity contribution in [1.29, 1.82) is 0 Å². The van der Waals surface area contributed by atoms with Gasteiger partial charge in [-0.05, 0) is 6.42 Å². The average Bonchev–Trinajstić information content (AvgIpc) is 2.40. The third kappa shape index (κ3) is 7.14. The van der Waals surface area contributed by atoms with Crippen molar-refractivity contribution in [3.8, 4) is 0 Å². The Balaban J connectivity index is 4.95. The van der Waals surface area contributed by atoms with Crippen LogP contribution in [0.3, 0.4) is 0 Å². The molecule has 107 valence electrons. The summed E-state index contributed by atoms with van der Waals surface area (Å²) in [6.07, 6.45) is 12.5. The number of hydrogen-bond donors (Lipinski definition) is 0. The molecule has 1 radical (unpaired) electrons. The van der Waals surface area contributed by atoms with Crippen LogP contribution < -0.4 is 0 Å². The smallest absolute Gasteiger partial charge is 0.108 e. The summed E-state index contributed by atoms with van der Waals surface area (Å²) in [4.78, 5) is 4.64. The molecule has 19 heavy (non-hydrogen) atoms. The minimum absolute atomic E-state index is 0.843. The molecule has 0 saturated heterocycles. The van der Waals surface area contributed by atoms with Gasteiger partial charge in [0.1, 0.15) is 6.17 Å². The summed E-state index contributed by atoms with van der Waals surface area (Å²) in [7, 11) is 0. The molecule has 0 rings (SSSR count). The topological polar surface area (TPSA) is 6.48 Å². The van der Waals surface area contributed by atoms with Crippen LogP contribution in [-0.4, -0.2) is 36.0 Å². The predicted molar refractivity (Wildman–Crippen MR) is 86.7 cm³/mol. The van der Waals surface area contributed by atoms with Crippen LogP contribution in [0, 0.1) is 6.17 Å². The van der Waals surface area contributed by atoms with Crippen LogP contribution in [0.2, 0.25) is 0 Å². The number of hydrogen-bond acceptors (Lipinski definition) is 2. The standard InChI is InChI=1S/C17H29N2/c1-6-11-12-17(18(13-7-2)14-8-3)19(15-9-4)16-10-5/h7-10H,2-6,11-16H2,1H3. The van der Waals surface area contributed by atoms with E-state index in [-0.39, 0.29) is 0 Å². The van der Waals surface area contributed by atoms with Gasteiger partial charge < -0.3 is 0 Å². The lowest BCUT2D eigenvalue weighted by Crippen LogP contribution is -2.42. The van der Waals surface area contributed by atoms with Crippen LogP contribution in [-0.2, 0) is 0 Å². The number of nitrogens with zero attached hydrogens (tertiary/aromatic N) is 2. The molecule has 0 aliphatic heterocycles. The Morgan fingerprint density at radius 1 is 0.789 bits per heavy atom. The molecule has 0 bridgehead atoms. The fourth-order valence-electron chi connectivity index (χ4n) is 2.05. The van der Waals surface area contributed by atoms with Crippen molar-refractivity contribution in [3.63, 3.8) is 0 Å². The van der Waals surface area contributed by atoms with Crippen molar-refractivity contribution >= 4 is 0 Å². The molecule has 0 aliphatic carbocycles. The zero-order valence-electron chi connectivity index (χ0n) is 12.5. The molecule has 0 heterocycles. The minimum Gasteiger partial charge on any atom is -0.275 e. The lowest BCUT2D eigenvalue weighted by molar-refractivity contribution is 0.167. The summed E-state index contributed by atoms with van der Waals surface area (Å²) in [6.45, 7) is 21.0. The van der Waals surface area contributed by atoms with E-state index in [9.17, 15) is 0 Å². The normalized spacial score (nSPS) is 10.9. The summed E-state index contributed by atoms with van der Waals surface area (Å²) in [6, 6.07) is 0. The molecule has 0 aromatic carbocycles. The highest BCUT2D eigenvalue weighted by molar-refractivity contribution is 4.99. The number of unbranched alkanes of at least 4 members (excludes halogenated alkanes) is 1. The van der Waals surface area contributed by atoms with Gasteiger partial charge in [-0.1, -0.05) is 44.1 Å². The zero-order chi connectivity index (χ0) is 14.5. The Morgan fingerprint density at radius 2 is 1.16 bits per heavy atom. The minimum atomic E-state index is 0.843. The summed E-state index contributed by atoms with van der Waals surface area (Å²) in [5.74, 6) is 0. The van der Waals surface area contributed by atoms with Crippen LogP contribution >= 0.6 is 0 Å². The van der Waals surface area contributed by atoms with Crippen molar-refractivity contribution < 1.29 is 0 Å². The average molecular weight is 261 g/mol. The van der Waals surface area contributed by atoms with E-state index in [0.717, 1.165) is 32.6 Å². The van der Waals surface area contributed by atoms with Gasteiger partial charge in [-0.3, -0.25) is 9.80 Å². The first-order valence-electron chi connectivity index (χ1n) is 7.04. The van der Waals surface area contributed by atoms with Gasteiger partial charge in [-0.25, -0.2) is 0 Å². The van der Waals surface area contributed by atoms with Crippen molar-refractivity contribution in [2.24, 2.45) is 0 Å². The van der Waals surface area contributed by atoms with Gasteiger partial charge >= 0.3 is 0 Å². The highest BCUT2D eigenvalue weighted by Crippen LogP contribution is 2.21. The quantitative estimate of drug-likeness (QED) is 0.462. The second kappa shape index (κ2) is 11.9. The van der Waals surface area contributed by atoms with Crippen molar-refractivity contribution in [2.45, 2.75) is 26.2 Å². The van der Waals surface area contributed by atoms with Gasteiger partial charge in [0, 0.05) is 26.2 Å². The molecular weight excluding hydrogens is 232 g/mol. The molecule has 2 heteroatoms. The van der Waals surface area contributed by atoms with E-state index in [1.54, 1.807) is 0 Å². The van der Waals surface area contributed by atoms with Crippen molar-refractivity contribution in [3.05, 3.63) is 56.8 Å². The lowest BCUT2D eigenvalue weighted by Gasteiger charge is -2.37. The third-order valence-electron chi connectivity index (χ3n) is 2.88. The highest BCUT2D eigenvalue weighted by Gasteiger charge is 2.23. The first-order chi connectivity index (χ1) is 9.24. The van der Waals surface area contributed by atoms with Gasteiger partial charge in [-0.2, -0.15) is 0 Å². The van der Waals surface area contributed by atoms with Gasteiger partial charge in [0.15, 0.2) is 0 Å². The SMILES string of the molecule is C=CCN(CC=C)[C](CCCC)N(CC=C)CC=C. The molecule has 0 unspecified atom stereocenters.